The van der Waals surface area contributed by atoms with Gasteiger partial charge in [-0.25, -0.2) is 0 Å². The van der Waals surface area contributed by atoms with Crippen molar-refractivity contribution in [3.8, 4) is 0 Å². The lowest BCUT2D eigenvalue weighted by Gasteiger charge is -2.18. The van der Waals surface area contributed by atoms with Gasteiger partial charge in [0, 0.05) is 9.75 Å². The van der Waals surface area contributed by atoms with Crippen molar-refractivity contribution >= 4 is 11.3 Å². The Balaban J connectivity index is 2.39. The summed E-state index contributed by atoms with van der Waals surface area (Å²) < 4.78 is 0. The van der Waals surface area contributed by atoms with E-state index in [2.05, 4.69) is 62.5 Å². The Morgan fingerprint density at radius 2 is 1.88 bits per heavy atom. The molecule has 0 aliphatic rings. The van der Waals surface area contributed by atoms with E-state index in [4.69, 9.17) is 0 Å². The van der Waals surface area contributed by atoms with Crippen molar-refractivity contribution in [1.29, 1.82) is 0 Å². The second-order valence-electron chi connectivity index (χ2n) is 4.31. The lowest BCUT2D eigenvalue weighted by atomic mass is 10.0. The Bertz CT molecular complexity index is 473. The van der Waals surface area contributed by atoms with Gasteiger partial charge in [0.25, 0.3) is 0 Å². The van der Waals surface area contributed by atoms with Gasteiger partial charge in [0.1, 0.15) is 0 Å². The van der Waals surface area contributed by atoms with Gasteiger partial charge in [0.2, 0.25) is 0 Å². The molecule has 1 nitrogen and oxygen atoms in total. The summed E-state index contributed by atoms with van der Waals surface area (Å²) in [6.07, 6.45) is 0. The van der Waals surface area contributed by atoms with Gasteiger partial charge in [0.05, 0.1) is 6.04 Å². The van der Waals surface area contributed by atoms with Crippen molar-refractivity contribution in [2.75, 3.05) is 6.54 Å². The van der Waals surface area contributed by atoms with Crippen LogP contribution >= 0.6 is 11.3 Å². The molecule has 0 aliphatic heterocycles. The topological polar surface area (TPSA) is 12.0 Å². The second-order valence-corrected chi connectivity index (χ2v) is 5.59. The van der Waals surface area contributed by atoms with E-state index in [1.165, 1.54) is 20.9 Å². The Morgan fingerprint density at radius 1 is 1.18 bits per heavy atom. The van der Waals surface area contributed by atoms with Crippen molar-refractivity contribution in [3.63, 3.8) is 0 Å². The maximum atomic E-state index is 3.58. The van der Waals surface area contributed by atoms with Crippen LogP contribution in [-0.4, -0.2) is 6.54 Å². The van der Waals surface area contributed by atoms with Crippen molar-refractivity contribution in [3.05, 3.63) is 57.3 Å². The molecule has 0 bridgehead atoms. The Kier molecular flexibility index (Phi) is 3.97. The number of hydrogen-bond acceptors (Lipinski definition) is 2. The van der Waals surface area contributed by atoms with Crippen LogP contribution in [-0.2, 0) is 0 Å². The first kappa shape index (κ1) is 12.3. The fraction of sp³-hybridized carbons (Fsp3) is 0.333. The Morgan fingerprint density at radius 3 is 2.41 bits per heavy atom. The molecule has 0 amide bonds. The molecule has 0 spiro atoms. The van der Waals surface area contributed by atoms with Gasteiger partial charge in [0.15, 0.2) is 0 Å². The van der Waals surface area contributed by atoms with Crippen molar-refractivity contribution in [1.82, 2.24) is 5.32 Å². The Hall–Kier alpha value is -1.12. The smallest absolute Gasteiger partial charge is 0.0673 e. The number of benzene rings is 1. The predicted molar refractivity (Wildman–Crippen MR) is 75.8 cm³/mol. The molecule has 2 aromatic rings. The average molecular weight is 245 g/mol. The molecule has 0 radical (unpaired) electrons. The van der Waals surface area contributed by atoms with Gasteiger partial charge in [-0.3, -0.25) is 0 Å². The summed E-state index contributed by atoms with van der Waals surface area (Å²) in [5, 5.41) is 3.58. The summed E-state index contributed by atoms with van der Waals surface area (Å²) in [5.41, 5.74) is 2.74. The highest BCUT2D eigenvalue weighted by molar-refractivity contribution is 7.12. The van der Waals surface area contributed by atoms with Crippen LogP contribution in [0, 0.1) is 13.8 Å². The van der Waals surface area contributed by atoms with E-state index in [0.717, 1.165) is 6.54 Å². The molecule has 1 atom stereocenters. The van der Waals surface area contributed by atoms with E-state index in [9.17, 15) is 0 Å². The van der Waals surface area contributed by atoms with Crippen LogP contribution < -0.4 is 5.32 Å². The number of aryl methyl sites for hydroxylation is 2. The molecule has 1 N–H and O–H groups in total. The summed E-state index contributed by atoms with van der Waals surface area (Å²) in [5.74, 6) is 0. The van der Waals surface area contributed by atoms with E-state index in [1.54, 1.807) is 0 Å². The minimum Gasteiger partial charge on any atom is -0.306 e. The zero-order valence-electron chi connectivity index (χ0n) is 10.7. The molecule has 90 valence electrons. The summed E-state index contributed by atoms with van der Waals surface area (Å²) in [6.45, 7) is 7.52. The molecule has 17 heavy (non-hydrogen) atoms. The second kappa shape index (κ2) is 5.48. The largest absolute Gasteiger partial charge is 0.306 e. The number of nitrogens with one attached hydrogen (secondary N) is 1. The monoisotopic (exact) mass is 245 g/mol. The molecular weight excluding hydrogens is 226 g/mol. The van der Waals surface area contributed by atoms with E-state index < -0.39 is 0 Å². The van der Waals surface area contributed by atoms with Gasteiger partial charge >= 0.3 is 0 Å². The molecule has 1 heterocycles. The van der Waals surface area contributed by atoms with Crippen molar-refractivity contribution in [2.24, 2.45) is 0 Å². The number of thiophene rings is 1. The van der Waals surface area contributed by atoms with E-state index >= 15 is 0 Å². The first-order chi connectivity index (χ1) is 8.22. The normalized spacial score (nSPS) is 12.6. The average Bonchev–Trinajstić information content (AvgIpc) is 2.66. The number of rotatable bonds is 4. The van der Waals surface area contributed by atoms with Crippen LogP contribution in [0.25, 0.3) is 0 Å². The van der Waals surface area contributed by atoms with Gasteiger partial charge in [-0.05, 0) is 37.6 Å². The SMILES string of the molecule is CCNC(c1ccccc1)c1sc(C)cc1C. The van der Waals surface area contributed by atoms with Gasteiger partial charge in [-0.15, -0.1) is 11.3 Å². The molecule has 2 rings (SSSR count). The lowest BCUT2D eigenvalue weighted by Crippen LogP contribution is -2.21. The maximum absolute atomic E-state index is 3.58. The summed E-state index contributed by atoms with van der Waals surface area (Å²) in [7, 11) is 0. The van der Waals surface area contributed by atoms with Crippen LogP contribution in [0.15, 0.2) is 36.4 Å². The van der Waals surface area contributed by atoms with Gasteiger partial charge in [-0.2, -0.15) is 0 Å². The van der Waals surface area contributed by atoms with Gasteiger partial charge in [-0.1, -0.05) is 37.3 Å². The minimum absolute atomic E-state index is 0.333. The third-order valence-electron chi connectivity index (χ3n) is 2.88. The first-order valence-corrected chi connectivity index (χ1v) is 6.89. The molecule has 0 saturated heterocycles. The predicted octanol–water partition coefficient (Wildman–Crippen LogP) is 4.06. The number of hydrogen-bond donors (Lipinski definition) is 1. The third-order valence-corrected chi connectivity index (χ3v) is 4.10. The molecule has 1 unspecified atom stereocenters. The van der Waals surface area contributed by atoms with E-state index in [1.807, 2.05) is 11.3 Å². The molecule has 0 saturated carbocycles. The van der Waals surface area contributed by atoms with Gasteiger partial charge < -0.3 is 5.32 Å². The maximum Gasteiger partial charge on any atom is 0.0673 e. The fourth-order valence-electron chi connectivity index (χ4n) is 2.16. The minimum atomic E-state index is 0.333. The summed E-state index contributed by atoms with van der Waals surface area (Å²) >= 11 is 1.89. The Labute approximate surface area is 108 Å². The van der Waals surface area contributed by atoms with Crippen molar-refractivity contribution < 1.29 is 0 Å². The molecule has 2 heteroatoms. The molecular formula is C15H19NS. The fourth-order valence-corrected chi connectivity index (χ4v) is 3.30. The van der Waals surface area contributed by atoms with E-state index in [-0.39, 0.29) is 0 Å². The lowest BCUT2D eigenvalue weighted by molar-refractivity contribution is 0.637. The molecule has 1 aromatic carbocycles. The highest BCUT2D eigenvalue weighted by Gasteiger charge is 2.16. The van der Waals surface area contributed by atoms with Crippen LogP contribution in [0.5, 0.6) is 0 Å². The quantitative estimate of drug-likeness (QED) is 0.856. The molecule has 0 fully saturated rings. The van der Waals surface area contributed by atoms with Crippen LogP contribution in [0.3, 0.4) is 0 Å². The van der Waals surface area contributed by atoms with Crippen molar-refractivity contribution in [2.45, 2.75) is 26.8 Å². The van der Waals surface area contributed by atoms with Crippen LogP contribution in [0.2, 0.25) is 0 Å². The van der Waals surface area contributed by atoms with Crippen LogP contribution in [0.1, 0.15) is 33.8 Å². The molecule has 1 aromatic heterocycles. The molecule has 0 aliphatic carbocycles. The third kappa shape index (κ3) is 2.76. The summed E-state index contributed by atoms with van der Waals surface area (Å²) in [4.78, 5) is 2.83. The highest BCUT2D eigenvalue weighted by Crippen LogP contribution is 2.31. The summed E-state index contributed by atoms with van der Waals surface area (Å²) in [6, 6.07) is 13.3. The van der Waals surface area contributed by atoms with E-state index in [0.29, 0.717) is 6.04 Å². The highest BCUT2D eigenvalue weighted by atomic mass is 32.1. The first-order valence-electron chi connectivity index (χ1n) is 6.07. The standard InChI is InChI=1S/C15H19NS/c1-4-16-14(13-8-6-5-7-9-13)15-11(2)10-12(3)17-15/h5-10,14,16H,4H2,1-3H3. The van der Waals surface area contributed by atoms with Crippen LogP contribution in [0.4, 0.5) is 0 Å². The zero-order valence-corrected chi connectivity index (χ0v) is 11.5. The zero-order chi connectivity index (χ0) is 12.3.